The maximum atomic E-state index is 12.8. The second-order valence-corrected chi connectivity index (χ2v) is 7.26. The molecule has 1 aromatic heterocycles. The molecule has 5 heteroatoms. The lowest BCUT2D eigenvalue weighted by Crippen LogP contribution is -2.38. The van der Waals surface area contributed by atoms with Gasteiger partial charge in [0.25, 0.3) is 5.91 Å². The SMILES string of the molecule is O=C(NCC1CCN(c2ccncc2)CC1)c1ccccc1Oc1ccccc1. The summed E-state index contributed by atoms with van der Waals surface area (Å²) in [7, 11) is 0. The van der Waals surface area contributed by atoms with Crippen LogP contribution in [0.5, 0.6) is 11.5 Å². The summed E-state index contributed by atoms with van der Waals surface area (Å²) in [6.45, 7) is 2.68. The molecule has 1 fully saturated rings. The number of aromatic nitrogens is 1. The molecule has 29 heavy (non-hydrogen) atoms. The average molecular weight is 387 g/mol. The minimum absolute atomic E-state index is 0.0897. The quantitative estimate of drug-likeness (QED) is 0.676. The Bertz CT molecular complexity index is 923. The first kappa shape index (κ1) is 19.0. The maximum Gasteiger partial charge on any atom is 0.255 e. The van der Waals surface area contributed by atoms with Gasteiger partial charge in [-0.05, 0) is 55.2 Å². The van der Waals surface area contributed by atoms with Crippen molar-refractivity contribution in [3.63, 3.8) is 0 Å². The molecule has 1 aliphatic heterocycles. The zero-order valence-electron chi connectivity index (χ0n) is 16.3. The first-order valence-corrected chi connectivity index (χ1v) is 10.0. The van der Waals surface area contributed by atoms with Crippen molar-refractivity contribution in [2.75, 3.05) is 24.5 Å². The van der Waals surface area contributed by atoms with E-state index in [2.05, 4.69) is 15.2 Å². The summed E-state index contributed by atoms with van der Waals surface area (Å²) in [6, 6.07) is 21.0. The number of hydrogen-bond acceptors (Lipinski definition) is 4. The summed E-state index contributed by atoms with van der Waals surface area (Å²) in [5, 5.41) is 3.10. The zero-order chi connectivity index (χ0) is 19.9. The molecule has 1 amide bonds. The van der Waals surface area contributed by atoms with Gasteiger partial charge >= 0.3 is 0 Å². The van der Waals surface area contributed by atoms with Gasteiger partial charge in [-0.3, -0.25) is 9.78 Å². The van der Waals surface area contributed by atoms with E-state index in [0.29, 0.717) is 23.8 Å². The summed E-state index contributed by atoms with van der Waals surface area (Å²) < 4.78 is 5.91. The lowest BCUT2D eigenvalue weighted by atomic mass is 9.96. The highest BCUT2D eigenvalue weighted by Crippen LogP contribution is 2.26. The number of piperidine rings is 1. The van der Waals surface area contributed by atoms with Crippen LogP contribution in [0.3, 0.4) is 0 Å². The van der Waals surface area contributed by atoms with Gasteiger partial charge in [-0.15, -0.1) is 0 Å². The third-order valence-corrected chi connectivity index (χ3v) is 5.30. The lowest BCUT2D eigenvalue weighted by Gasteiger charge is -2.33. The Labute approximate surface area is 171 Å². The predicted octanol–water partition coefficient (Wildman–Crippen LogP) is 4.52. The topological polar surface area (TPSA) is 54.5 Å². The van der Waals surface area contributed by atoms with Gasteiger partial charge < -0.3 is 15.0 Å². The van der Waals surface area contributed by atoms with Gasteiger partial charge in [-0.2, -0.15) is 0 Å². The van der Waals surface area contributed by atoms with Crippen molar-refractivity contribution in [3.8, 4) is 11.5 Å². The average Bonchev–Trinajstić information content (AvgIpc) is 2.79. The number of rotatable bonds is 6. The van der Waals surface area contributed by atoms with Crippen LogP contribution in [0.1, 0.15) is 23.2 Å². The van der Waals surface area contributed by atoms with Crippen molar-refractivity contribution in [1.29, 1.82) is 0 Å². The van der Waals surface area contributed by atoms with E-state index in [-0.39, 0.29) is 5.91 Å². The van der Waals surface area contributed by atoms with Crippen molar-refractivity contribution >= 4 is 11.6 Å². The molecule has 3 aromatic rings. The molecule has 5 nitrogen and oxygen atoms in total. The molecule has 4 rings (SSSR count). The molecule has 0 radical (unpaired) electrons. The molecule has 0 spiro atoms. The number of benzene rings is 2. The highest BCUT2D eigenvalue weighted by Gasteiger charge is 2.21. The van der Waals surface area contributed by atoms with Gasteiger partial charge in [0.15, 0.2) is 0 Å². The number of amides is 1. The van der Waals surface area contributed by atoms with Crippen LogP contribution in [0, 0.1) is 5.92 Å². The first-order valence-electron chi connectivity index (χ1n) is 10.0. The largest absolute Gasteiger partial charge is 0.457 e. The van der Waals surface area contributed by atoms with Crippen LogP contribution in [0.25, 0.3) is 0 Å². The standard InChI is InChI=1S/C24H25N3O2/c28-24(22-8-4-5-9-23(22)29-21-6-2-1-3-7-21)26-18-19-12-16-27(17-13-19)20-10-14-25-15-11-20/h1-11,14-15,19H,12-13,16-18H2,(H,26,28). The molecule has 0 atom stereocenters. The molecule has 2 aromatic carbocycles. The number of carbonyl (C=O) groups excluding carboxylic acids is 1. The van der Waals surface area contributed by atoms with E-state index >= 15 is 0 Å². The van der Waals surface area contributed by atoms with Gasteiger partial charge in [0, 0.05) is 37.7 Å². The van der Waals surface area contributed by atoms with E-state index in [4.69, 9.17) is 4.74 Å². The van der Waals surface area contributed by atoms with Crippen molar-refractivity contribution in [2.45, 2.75) is 12.8 Å². The Hall–Kier alpha value is -3.34. The molecule has 148 valence electrons. The van der Waals surface area contributed by atoms with Crippen LogP contribution in [0.2, 0.25) is 0 Å². The summed E-state index contributed by atoms with van der Waals surface area (Å²) >= 11 is 0. The van der Waals surface area contributed by atoms with E-state index in [1.165, 1.54) is 5.69 Å². The normalized spacial score (nSPS) is 14.4. The summed E-state index contributed by atoms with van der Waals surface area (Å²) in [6.07, 6.45) is 5.78. The summed E-state index contributed by atoms with van der Waals surface area (Å²) in [5.74, 6) is 1.69. The minimum Gasteiger partial charge on any atom is -0.457 e. The van der Waals surface area contributed by atoms with Crippen LogP contribution in [-0.4, -0.2) is 30.5 Å². The predicted molar refractivity (Wildman–Crippen MR) is 114 cm³/mol. The smallest absolute Gasteiger partial charge is 0.255 e. The van der Waals surface area contributed by atoms with Crippen molar-refractivity contribution in [2.24, 2.45) is 5.92 Å². The molecular weight excluding hydrogens is 362 g/mol. The van der Waals surface area contributed by atoms with E-state index in [1.54, 1.807) is 6.07 Å². The number of ether oxygens (including phenoxy) is 1. The Balaban J connectivity index is 1.32. The van der Waals surface area contributed by atoms with E-state index < -0.39 is 0 Å². The van der Waals surface area contributed by atoms with Gasteiger partial charge in [0.2, 0.25) is 0 Å². The van der Waals surface area contributed by atoms with Crippen LogP contribution in [0.15, 0.2) is 79.1 Å². The second-order valence-electron chi connectivity index (χ2n) is 7.26. The highest BCUT2D eigenvalue weighted by atomic mass is 16.5. The Morgan fingerprint density at radius 1 is 0.966 bits per heavy atom. The molecule has 0 saturated carbocycles. The molecule has 2 heterocycles. The number of nitrogens with one attached hydrogen (secondary N) is 1. The number of para-hydroxylation sites is 2. The van der Waals surface area contributed by atoms with Crippen molar-refractivity contribution in [1.82, 2.24) is 10.3 Å². The van der Waals surface area contributed by atoms with E-state index in [9.17, 15) is 4.79 Å². The molecule has 0 bridgehead atoms. The van der Waals surface area contributed by atoms with Crippen molar-refractivity contribution < 1.29 is 9.53 Å². The zero-order valence-corrected chi connectivity index (χ0v) is 16.3. The van der Waals surface area contributed by atoms with Gasteiger partial charge in [0.05, 0.1) is 5.56 Å². The number of pyridine rings is 1. The fourth-order valence-electron chi connectivity index (χ4n) is 3.64. The number of hydrogen-bond donors (Lipinski definition) is 1. The monoisotopic (exact) mass is 387 g/mol. The van der Waals surface area contributed by atoms with Gasteiger partial charge in [0.1, 0.15) is 11.5 Å². The Morgan fingerprint density at radius 3 is 2.41 bits per heavy atom. The van der Waals surface area contributed by atoms with Crippen LogP contribution in [0.4, 0.5) is 5.69 Å². The fourth-order valence-corrected chi connectivity index (χ4v) is 3.64. The number of carbonyl (C=O) groups is 1. The molecule has 0 aliphatic carbocycles. The second kappa shape index (κ2) is 9.24. The Kier molecular flexibility index (Phi) is 6.05. The minimum atomic E-state index is -0.0897. The number of nitrogens with zero attached hydrogens (tertiary/aromatic N) is 2. The highest BCUT2D eigenvalue weighted by molar-refractivity contribution is 5.97. The van der Waals surface area contributed by atoms with E-state index in [0.717, 1.165) is 31.7 Å². The van der Waals surface area contributed by atoms with Crippen LogP contribution >= 0.6 is 0 Å². The summed E-state index contributed by atoms with van der Waals surface area (Å²) in [4.78, 5) is 19.2. The maximum absolute atomic E-state index is 12.8. The molecule has 0 unspecified atom stereocenters. The van der Waals surface area contributed by atoms with Crippen LogP contribution < -0.4 is 15.0 Å². The van der Waals surface area contributed by atoms with Crippen LogP contribution in [-0.2, 0) is 0 Å². The lowest BCUT2D eigenvalue weighted by molar-refractivity contribution is 0.0942. The third kappa shape index (κ3) is 4.93. The first-order chi connectivity index (χ1) is 14.3. The Morgan fingerprint density at radius 2 is 1.66 bits per heavy atom. The van der Waals surface area contributed by atoms with E-state index in [1.807, 2.05) is 73.1 Å². The fraction of sp³-hybridized carbons (Fsp3) is 0.250. The summed E-state index contributed by atoms with van der Waals surface area (Å²) in [5.41, 5.74) is 1.78. The van der Waals surface area contributed by atoms with Gasteiger partial charge in [-0.1, -0.05) is 30.3 Å². The van der Waals surface area contributed by atoms with Crippen molar-refractivity contribution in [3.05, 3.63) is 84.7 Å². The van der Waals surface area contributed by atoms with Gasteiger partial charge in [-0.25, -0.2) is 0 Å². The third-order valence-electron chi connectivity index (χ3n) is 5.30. The molecule has 1 saturated heterocycles. The molecular formula is C24H25N3O2. The number of anilines is 1. The molecule has 1 aliphatic rings. The molecule has 1 N–H and O–H groups in total.